The Balaban J connectivity index is 1.35. The first kappa shape index (κ1) is 16.4. The van der Waals surface area contributed by atoms with Crippen molar-refractivity contribution in [3.05, 3.63) is 42.7 Å². The van der Waals surface area contributed by atoms with E-state index in [4.69, 9.17) is 0 Å². The van der Waals surface area contributed by atoms with Gasteiger partial charge in [-0.2, -0.15) is 0 Å². The van der Waals surface area contributed by atoms with Crippen LogP contribution in [-0.4, -0.2) is 33.4 Å². The van der Waals surface area contributed by atoms with E-state index in [2.05, 4.69) is 44.9 Å². The molecule has 2 heterocycles. The third kappa shape index (κ3) is 3.63. The van der Waals surface area contributed by atoms with Gasteiger partial charge in [-0.05, 0) is 31.6 Å². The normalized spacial score (nSPS) is 19.4. The molecule has 1 aliphatic heterocycles. The summed E-state index contributed by atoms with van der Waals surface area (Å²) in [5, 5.41) is 0. The molecule has 0 atom stereocenters. The molecule has 1 aromatic heterocycles. The number of carbonyl (C=O) groups is 1. The maximum atomic E-state index is 12.6. The molecule has 2 aromatic rings. The van der Waals surface area contributed by atoms with E-state index in [0.29, 0.717) is 17.7 Å². The Kier molecular flexibility index (Phi) is 4.86. The van der Waals surface area contributed by atoms with Crippen molar-refractivity contribution in [2.24, 2.45) is 11.8 Å². The molecule has 0 bridgehead atoms. The zero-order chi connectivity index (χ0) is 17.1. The Morgan fingerprint density at radius 1 is 1.04 bits per heavy atom. The Morgan fingerprint density at radius 3 is 2.48 bits per heavy atom. The van der Waals surface area contributed by atoms with Crippen LogP contribution in [0.4, 0.5) is 0 Å². The summed E-state index contributed by atoms with van der Waals surface area (Å²) < 4.78 is 2.27. The number of nitrogens with zero attached hydrogens (tertiary/aromatic N) is 3. The van der Waals surface area contributed by atoms with Crippen molar-refractivity contribution in [3.63, 3.8) is 0 Å². The molecule has 1 amide bonds. The molecule has 1 saturated heterocycles. The topological polar surface area (TPSA) is 38.1 Å². The second kappa shape index (κ2) is 7.42. The van der Waals surface area contributed by atoms with Crippen molar-refractivity contribution in [1.82, 2.24) is 14.5 Å². The van der Waals surface area contributed by atoms with E-state index in [1.807, 2.05) is 12.3 Å². The minimum atomic E-state index is 0.315. The van der Waals surface area contributed by atoms with E-state index in [0.717, 1.165) is 51.1 Å². The monoisotopic (exact) mass is 337 g/mol. The molecular formula is C21H27N3O. The van der Waals surface area contributed by atoms with E-state index < -0.39 is 0 Å². The fourth-order valence-corrected chi connectivity index (χ4v) is 4.35. The molecule has 2 fully saturated rings. The van der Waals surface area contributed by atoms with Gasteiger partial charge in [0, 0.05) is 43.5 Å². The van der Waals surface area contributed by atoms with Crippen molar-refractivity contribution in [3.8, 4) is 11.4 Å². The lowest BCUT2D eigenvalue weighted by atomic mass is 9.95. The van der Waals surface area contributed by atoms with Gasteiger partial charge < -0.3 is 9.47 Å². The molecule has 0 unspecified atom stereocenters. The Labute approximate surface area is 149 Å². The van der Waals surface area contributed by atoms with Crippen LogP contribution in [0.2, 0.25) is 0 Å². The maximum absolute atomic E-state index is 12.6. The SMILES string of the molecule is O=C(C1CCCC1)N1CCC(Cn2ccnc2-c2ccccc2)CC1. The van der Waals surface area contributed by atoms with E-state index in [1.165, 1.54) is 18.4 Å². The molecule has 1 aliphatic carbocycles. The van der Waals surface area contributed by atoms with E-state index >= 15 is 0 Å². The van der Waals surface area contributed by atoms with Gasteiger partial charge in [-0.15, -0.1) is 0 Å². The summed E-state index contributed by atoms with van der Waals surface area (Å²) >= 11 is 0. The number of rotatable bonds is 4. The summed E-state index contributed by atoms with van der Waals surface area (Å²) in [7, 11) is 0. The van der Waals surface area contributed by atoms with E-state index in [9.17, 15) is 4.79 Å². The fourth-order valence-electron chi connectivity index (χ4n) is 4.35. The number of hydrogen-bond donors (Lipinski definition) is 0. The standard InChI is InChI=1S/C21H27N3O/c25-21(19-8-4-5-9-19)23-13-10-17(11-14-23)16-24-15-12-22-20(24)18-6-2-1-3-7-18/h1-3,6-7,12,15,17,19H,4-5,8-11,13-14,16H2. The van der Waals surface area contributed by atoms with Crippen LogP contribution in [0.5, 0.6) is 0 Å². The summed E-state index contributed by atoms with van der Waals surface area (Å²) in [6.45, 7) is 2.85. The van der Waals surface area contributed by atoms with Crippen LogP contribution in [0.15, 0.2) is 42.7 Å². The lowest BCUT2D eigenvalue weighted by molar-refractivity contribution is -0.136. The maximum Gasteiger partial charge on any atom is 0.225 e. The number of hydrogen-bond acceptors (Lipinski definition) is 2. The third-order valence-electron chi connectivity index (χ3n) is 5.83. The van der Waals surface area contributed by atoms with Gasteiger partial charge in [-0.3, -0.25) is 4.79 Å². The van der Waals surface area contributed by atoms with Crippen LogP contribution < -0.4 is 0 Å². The van der Waals surface area contributed by atoms with Crippen LogP contribution in [0.3, 0.4) is 0 Å². The number of piperidine rings is 1. The van der Waals surface area contributed by atoms with Crippen molar-refractivity contribution in [2.75, 3.05) is 13.1 Å². The zero-order valence-corrected chi connectivity index (χ0v) is 14.8. The van der Waals surface area contributed by atoms with Gasteiger partial charge in [0.25, 0.3) is 0 Å². The molecule has 2 aliphatic rings. The lowest BCUT2D eigenvalue weighted by Gasteiger charge is -2.34. The van der Waals surface area contributed by atoms with Crippen LogP contribution in [0, 0.1) is 11.8 Å². The quantitative estimate of drug-likeness (QED) is 0.846. The van der Waals surface area contributed by atoms with Gasteiger partial charge in [0.1, 0.15) is 5.82 Å². The molecule has 0 N–H and O–H groups in total. The molecule has 0 spiro atoms. The Morgan fingerprint density at radius 2 is 1.76 bits per heavy atom. The number of aromatic nitrogens is 2. The second-order valence-corrected chi connectivity index (χ2v) is 7.52. The predicted octanol–water partition coefficient (Wildman–Crippen LogP) is 3.98. The number of amides is 1. The van der Waals surface area contributed by atoms with Gasteiger partial charge in [0.2, 0.25) is 5.91 Å². The Hall–Kier alpha value is -2.10. The van der Waals surface area contributed by atoms with Crippen molar-refractivity contribution in [2.45, 2.75) is 45.1 Å². The summed E-state index contributed by atoms with van der Waals surface area (Å²) in [4.78, 5) is 19.2. The fraction of sp³-hybridized carbons (Fsp3) is 0.524. The average Bonchev–Trinajstić information content (AvgIpc) is 3.35. The van der Waals surface area contributed by atoms with E-state index in [-0.39, 0.29) is 0 Å². The largest absolute Gasteiger partial charge is 0.342 e. The molecule has 4 rings (SSSR count). The highest BCUT2D eigenvalue weighted by Gasteiger charge is 2.30. The van der Waals surface area contributed by atoms with Gasteiger partial charge in [-0.1, -0.05) is 43.2 Å². The second-order valence-electron chi connectivity index (χ2n) is 7.52. The molecule has 0 radical (unpaired) electrons. The van der Waals surface area contributed by atoms with Crippen molar-refractivity contribution >= 4 is 5.91 Å². The average molecular weight is 337 g/mol. The molecule has 25 heavy (non-hydrogen) atoms. The number of benzene rings is 1. The molecular weight excluding hydrogens is 310 g/mol. The zero-order valence-electron chi connectivity index (χ0n) is 14.8. The highest BCUT2D eigenvalue weighted by molar-refractivity contribution is 5.79. The smallest absolute Gasteiger partial charge is 0.225 e. The summed E-state index contributed by atoms with van der Waals surface area (Å²) in [5.41, 5.74) is 1.17. The van der Waals surface area contributed by atoms with Gasteiger partial charge >= 0.3 is 0 Å². The summed E-state index contributed by atoms with van der Waals surface area (Å²) in [6.07, 6.45) is 10.9. The molecule has 132 valence electrons. The minimum absolute atomic E-state index is 0.315. The van der Waals surface area contributed by atoms with E-state index in [1.54, 1.807) is 0 Å². The Bertz CT molecular complexity index is 695. The minimum Gasteiger partial charge on any atom is -0.342 e. The number of likely N-dealkylation sites (tertiary alicyclic amines) is 1. The lowest BCUT2D eigenvalue weighted by Crippen LogP contribution is -2.41. The first-order valence-corrected chi connectivity index (χ1v) is 9.66. The first-order chi connectivity index (χ1) is 12.3. The molecule has 1 saturated carbocycles. The van der Waals surface area contributed by atoms with Crippen LogP contribution >= 0.6 is 0 Å². The summed E-state index contributed by atoms with van der Waals surface area (Å²) in [5.74, 6) is 2.41. The van der Waals surface area contributed by atoms with Crippen LogP contribution in [0.1, 0.15) is 38.5 Å². The van der Waals surface area contributed by atoms with Gasteiger partial charge in [-0.25, -0.2) is 4.98 Å². The first-order valence-electron chi connectivity index (χ1n) is 9.66. The summed E-state index contributed by atoms with van der Waals surface area (Å²) in [6, 6.07) is 10.4. The predicted molar refractivity (Wildman–Crippen MR) is 98.9 cm³/mol. The highest BCUT2D eigenvalue weighted by atomic mass is 16.2. The highest BCUT2D eigenvalue weighted by Crippen LogP contribution is 2.29. The molecule has 4 heteroatoms. The van der Waals surface area contributed by atoms with Crippen LogP contribution in [-0.2, 0) is 11.3 Å². The molecule has 4 nitrogen and oxygen atoms in total. The van der Waals surface area contributed by atoms with Gasteiger partial charge in [0.05, 0.1) is 0 Å². The third-order valence-corrected chi connectivity index (χ3v) is 5.83. The number of carbonyl (C=O) groups excluding carboxylic acids is 1. The number of imidazole rings is 1. The van der Waals surface area contributed by atoms with Gasteiger partial charge in [0.15, 0.2) is 0 Å². The van der Waals surface area contributed by atoms with Crippen molar-refractivity contribution in [1.29, 1.82) is 0 Å². The van der Waals surface area contributed by atoms with Crippen LogP contribution in [0.25, 0.3) is 11.4 Å². The molecule has 1 aromatic carbocycles. The van der Waals surface area contributed by atoms with Crippen molar-refractivity contribution < 1.29 is 4.79 Å².